The number of hydrogen-bond donors (Lipinski definition) is 1. The molecular formula is C23H34O3. The third-order valence-electron chi connectivity index (χ3n) is 9.17. The second-order valence-corrected chi connectivity index (χ2v) is 10.0. The van der Waals surface area contributed by atoms with Crippen LogP contribution in [0.5, 0.6) is 0 Å². The van der Waals surface area contributed by atoms with Gasteiger partial charge in [0, 0.05) is 12.3 Å². The summed E-state index contributed by atoms with van der Waals surface area (Å²) < 4.78 is 0. The molecule has 0 aromatic rings. The van der Waals surface area contributed by atoms with Crippen molar-refractivity contribution in [3.63, 3.8) is 0 Å². The second-order valence-electron chi connectivity index (χ2n) is 10.0. The van der Waals surface area contributed by atoms with Gasteiger partial charge in [-0.25, -0.2) is 0 Å². The molecule has 0 bridgehead atoms. The highest BCUT2D eigenvalue weighted by molar-refractivity contribution is 5.91. The van der Waals surface area contributed by atoms with Crippen molar-refractivity contribution in [2.75, 3.05) is 6.61 Å². The molecule has 144 valence electrons. The van der Waals surface area contributed by atoms with Gasteiger partial charge in [-0.15, -0.1) is 0 Å². The Morgan fingerprint density at radius 1 is 1.19 bits per heavy atom. The van der Waals surface area contributed by atoms with Crippen LogP contribution in [-0.4, -0.2) is 23.3 Å². The van der Waals surface area contributed by atoms with Crippen molar-refractivity contribution in [2.45, 2.75) is 72.1 Å². The molecule has 0 radical (unpaired) electrons. The molecule has 0 aromatic heterocycles. The predicted molar refractivity (Wildman–Crippen MR) is 101 cm³/mol. The third-order valence-corrected chi connectivity index (χ3v) is 9.17. The van der Waals surface area contributed by atoms with E-state index in [0.717, 1.165) is 32.1 Å². The van der Waals surface area contributed by atoms with Gasteiger partial charge in [0.1, 0.15) is 6.61 Å². The van der Waals surface area contributed by atoms with Crippen LogP contribution in [0.1, 0.15) is 72.1 Å². The topological polar surface area (TPSA) is 54.4 Å². The molecule has 0 amide bonds. The molecule has 7 atom stereocenters. The molecule has 4 rings (SSSR count). The average molecular weight is 359 g/mol. The van der Waals surface area contributed by atoms with Crippen LogP contribution in [0.4, 0.5) is 0 Å². The van der Waals surface area contributed by atoms with Gasteiger partial charge in [0.15, 0.2) is 11.6 Å². The number of rotatable bonds is 3. The monoisotopic (exact) mass is 358 g/mol. The number of allylic oxidation sites excluding steroid dienone is 1. The van der Waals surface area contributed by atoms with Crippen LogP contribution >= 0.6 is 0 Å². The fourth-order valence-electron chi connectivity index (χ4n) is 7.87. The van der Waals surface area contributed by atoms with Crippen LogP contribution < -0.4 is 0 Å². The van der Waals surface area contributed by atoms with E-state index < -0.39 is 0 Å². The van der Waals surface area contributed by atoms with E-state index in [0.29, 0.717) is 35.9 Å². The Kier molecular flexibility index (Phi) is 4.45. The highest BCUT2D eigenvalue weighted by Gasteiger charge is 2.62. The Morgan fingerprint density at radius 2 is 1.96 bits per heavy atom. The summed E-state index contributed by atoms with van der Waals surface area (Å²) in [5.41, 5.74) is 1.66. The molecular weight excluding hydrogens is 324 g/mol. The molecule has 0 aromatic carbocycles. The molecule has 0 saturated heterocycles. The molecule has 3 heteroatoms. The lowest BCUT2D eigenvalue weighted by Crippen LogP contribution is -2.51. The molecule has 3 nitrogen and oxygen atoms in total. The molecule has 4 aliphatic rings. The van der Waals surface area contributed by atoms with E-state index in [4.69, 9.17) is 0 Å². The van der Waals surface area contributed by atoms with Crippen LogP contribution in [0, 0.1) is 40.4 Å². The fraction of sp³-hybridized carbons (Fsp3) is 0.826. The van der Waals surface area contributed by atoms with Crippen molar-refractivity contribution >= 4 is 11.6 Å². The number of fused-ring (bicyclic) bond motifs is 5. The van der Waals surface area contributed by atoms with Crippen LogP contribution in [-0.2, 0) is 9.59 Å². The van der Waals surface area contributed by atoms with Gasteiger partial charge in [-0.05, 0) is 79.1 Å². The Balaban J connectivity index is 1.68. The van der Waals surface area contributed by atoms with E-state index in [9.17, 15) is 14.7 Å². The minimum absolute atomic E-state index is 0.0427. The van der Waals surface area contributed by atoms with Gasteiger partial charge < -0.3 is 5.11 Å². The second kappa shape index (κ2) is 6.29. The molecule has 26 heavy (non-hydrogen) atoms. The first-order valence-corrected chi connectivity index (χ1v) is 10.7. The maximum Gasteiger partial charge on any atom is 0.162 e. The number of carbonyl (C=O) groups is 2. The molecule has 4 aliphatic carbocycles. The molecule has 3 saturated carbocycles. The average Bonchev–Trinajstić information content (AvgIpc) is 2.94. The van der Waals surface area contributed by atoms with Gasteiger partial charge in [-0.2, -0.15) is 0 Å². The summed E-state index contributed by atoms with van der Waals surface area (Å²) in [7, 11) is 0. The van der Waals surface area contributed by atoms with E-state index >= 15 is 0 Å². The van der Waals surface area contributed by atoms with Gasteiger partial charge in [0.2, 0.25) is 0 Å². The summed E-state index contributed by atoms with van der Waals surface area (Å²) in [4.78, 5) is 24.6. The van der Waals surface area contributed by atoms with Crippen molar-refractivity contribution < 1.29 is 14.7 Å². The zero-order valence-electron chi connectivity index (χ0n) is 16.6. The first-order chi connectivity index (χ1) is 12.3. The number of ketones is 2. The maximum absolute atomic E-state index is 12.6. The summed E-state index contributed by atoms with van der Waals surface area (Å²) in [6.45, 7) is 6.66. The Hall–Kier alpha value is -0.960. The lowest BCUT2D eigenvalue weighted by molar-refractivity contribution is -0.134. The molecule has 3 fully saturated rings. The maximum atomic E-state index is 12.6. The van der Waals surface area contributed by atoms with Gasteiger partial charge in [-0.3, -0.25) is 9.59 Å². The number of hydrogen-bond acceptors (Lipinski definition) is 3. The van der Waals surface area contributed by atoms with Gasteiger partial charge >= 0.3 is 0 Å². The summed E-state index contributed by atoms with van der Waals surface area (Å²) in [6.07, 6.45) is 10.4. The predicted octanol–water partition coefficient (Wildman–Crippen LogP) is 4.33. The number of aliphatic hydroxyl groups is 1. The summed E-state index contributed by atoms with van der Waals surface area (Å²) in [6, 6.07) is 0. The van der Waals surface area contributed by atoms with Gasteiger partial charge in [-0.1, -0.05) is 32.8 Å². The lowest BCUT2D eigenvalue weighted by atomic mass is 9.46. The van der Waals surface area contributed by atoms with Gasteiger partial charge in [0.25, 0.3) is 0 Å². The minimum Gasteiger partial charge on any atom is -0.389 e. The highest BCUT2D eigenvalue weighted by Crippen LogP contribution is 2.68. The zero-order chi connectivity index (χ0) is 18.7. The van der Waals surface area contributed by atoms with E-state index in [1.165, 1.54) is 18.4 Å². The van der Waals surface area contributed by atoms with Crippen molar-refractivity contribution in [1.82, 2.24) is 0 Å². The van der Waals surface area contributed by atoms with Crippen LogP contribution in [0.15, 0.2) is 11.6 Å². The van der Waals surface area contributed by atoms with E-state index in [2.05, 4.69) is 20.8 Å². The zero-order valence-corrected chi connectivity index (χ0v) is 16.6. The number of carbonyl (C=O) groups excluding carboxylic acids is 2. The van der Waals surface area contributed by atoms with Crippen molar-refractivity contribution in [1.29, 1.82) is 0 Å². The smallest absolute Gasteiger partial charge is 0.162 e. The van der Waals surface area contributed by atoms with Crippen LogP contribution in [0.2, 0.25) is 0 Å². The molecule has 0 spiro atoms. The van der Waals surface area contributed by atoms with Gasteiger partial charge in [0.05, 0.1) is 0 Å². The van der Waals surface area contributed by atoms with E-state index in [-0.39, 0.29) is 29.1 Å². The first kappa shape index (κ1) is 18.4. The fourth-order valence-corrected chi connectivity index (χ4v) is 7.87. The SMILES string of the molecule is CCC1C[C@H]2[C@@H]3CCC4=CC(=O)CC[C@]4(C)[C@H]3CC[C@]2(C)[C@H]1C(=O)CO. The minimum atomic E-state index is -0.301. The van der Waals surface area contributed by atoms with Crippen molar-refractivity contribution in [3.8, 4) is 0 Å². The molecule has 1 unspecified atom stereocenters. The molecule has 1 N–H and O–H groups in total. The highest BCUT2D eigenvalue weighted by atomic mass is 16.3. The van der Waals surface area contributed by atoms with Crippen molar-refractivity contribution in [3.05, 3.63) is 11.6 Å². The first-order valence-electron chi connectivity index (χ1n) is 10.7. The largest absolute Gasteiger partial charge is 0.389 e. The Morgan fingerprint density at radius 3 is 2.65 bits per heavy atom. The normalized spacial score (nSPS) is 47.6. The van der Waals surface area contributed by atoms with Crippen LogP contribution in [0.3, 0.4) is 0 Å². The van der Waals surface area contributed by atoms with E-state index in [1.807, 2.05) is 6.08 Å². The van der Waals surface area contributed by atoms with Crippen molar-refractivity contribution in [2.24, 2.45) is 40.4 Å². The molecule has 0 aliphatic heterocycles. The third kappa shape index (κ3) is 2.42. The Bertz CT molecular complexity index is 650. The standard InChI is InChI=1S/C23H34O3/c1-4-14-11-19-17-6-5-15-12-16(25)7-9-22(15,2)18(17)8-10-23(19,3)21(14)20(26)13-24/h12,14,17-19,21,24H,4-11,13H2,1-3H3/t14?,17-,18+,19+,21-,22+,23+/m1/s1. The van der Waals surface area contributed by atoms with Crippen LogP contribution in [0.25, 0.3) is 0 Å². The number of Topliss-reactive ketones (excluding diaryl/α,β-unsaturated/α-hetero) is 1. The summed E-state index contributed by atoms with van der Waals surface area (Å²) in [5.74, 6) is 2.80. The summed E-state index contributed by atoms with van der Waals surface area (Å²) in [5, 5.41) is 9.58. The quantitative estimate of drug-likeness (QED) is 0.817. The lowest BCUT2D eigenvalue weighted by Gasteiger charge is -2.58. The van der Waals surface area contributed by atoms with E-state index in [1.54, 1.807) is 0 Å². The molecule has 0 heterocycles. The Labute approximate surface area is 157 Å². The number of aliphatic hydroxyl groups excluding tert-OH is 1. The summed E-state index contributed by atoms with van der Waals surface area (Å²) >= 11 is 0.